The Kier molecular flexibility index (Phi) is 7.89. The summed E-state index contributed by atoms with van der Waals surface area (Å²) in [5.74, 6) is -0.963. The lowest BCUT2D eigenvalue weighted by molar-refractivity contribution is 0.0627. The summed E-state index contributed by atoms with van der Waals surface area (Å²) < 4.78 is 60.2. The molecule has 1 saturated carbocycles. The zero-order valence-electron chi connectivity index (χ0n) is 24.3. The molecule has 0 atom stereocenters. The molecule has 3 aromatic carbocycles. The molecule has 1 aromatic heterocycles. The monoisotopic (exact) mass is 622 g/mol. The van der Waals surface area contributed by atoms with Crippen LogP contribution < -0.4 is 9.62 Å². The van der Waals surface area contributed by atoms with E-state index in [-0.39, 0.29) is 34.1 Å². The predicted octanol–water partition coefficient (Wildman–Crippen LogP) is 4.88. The molecule has 0 unspecified atom stereocenters. The number of amides is 2. The number of furan rings is 1. The Hall–Kier alpha value is -4.29. The van der Waals surface area contributed by atoms with Crippen molar-refractivity contribution in [2.24, 2.45) is 0 Å². The van der Waals surface area contributed by atoms with Gasteiger partial charge < -0.3 is 14.6 Å². The number of hydrogen-bond acceptors (Lipinski definition) is 6. The molecule has 0 bridgehead atoms. The highest BCUT2D eigenvalue weighted by molar-refractivity contribution is 7.92. The van der Waals surface area contributed by atoms with Gasteiger partial charge in [-0.1, -0.05) is 12.1 Å². The van der Waals surface area contributed by atoms with E-state index in [1.807, 2.05) is 0 Å². The van der Waals surface area contributed by atoms with Gasteiger partial charge in [0.25, 0.3) is 11.8 Å². The third-order valence-corrected chi connectivity index (χ3v) is 9.32. The highest BCUT2D eigenvalue weighted by atomic mass is 32.2. The van der Waals surface area contributed by atoms with Crippen molar-refractivity contribution in [1.82, 2.24) is 15.1 Å². The van der Waals surface area contributed by atoms with Crippen molar-refractivity contribution >= 4 is 38.5 Å². The van der Waals surface area contributed by atoms with Gasteiger partial charge in [0.05, 0.1) is 17.5 Å². The van der Waals surface area contributed by atoms with Gasteiger partial charge in [0.15, 0.2) is 6.80 Å². The summed E-state index contributed by atoms with van der Waals surface area (Å²) in [7, 11) is -2.63. The topological polar surface area (TPSA) is 103 Å². The highest BCUT2D eigenvalue weighted by Gasteiger charge is 2.33. The number of nitrogens with zero attached hydrogens (tertiary/aromatic N) is 3. The van der Waals surface area contributed by atoms with E-state index < -0.39 is 28.5 Å². The second kappa shape index (κ2) is 11.7. The first-order chi connectivity index (χ1) is 21.1. The molecule has 6 rings (SSSR count). The van der Waals surface area contributed by atoms with Crippen LogP contribution in [0.5, 0.6) is 0 Å². The molecule has 0 radical (unpaired) electrons. The second-order valence-electron chi connectivity index (χ2n) is 11.1. The molecule has 12 heteroatoms. The third kappa shape index (κ3) is 5.67. The molecule has 230 valence electrons. The van der Waals surface area contributed by atoms with E-state index in [0.717, 1.165) is 19.3 Å². The number of carbonyl (C=O) groups is 2. The smallest absolute Gasteiger partial charge is 0.255 e. The number of benzene rings is 3. The summed E-state index contributed by atoms with van der Waals surface area (Å²) in [5.41, 5.74) is 1.82. The number of hydrogen-bond donors (Lipinski definition) is 1. The zero-order valence-corrected chi connectivity index (χ0v) is 25.2. The lowest BCUT2D eigenvalue weighted by atomic mass is 9.97. The van der Waals surface area contributed by atoms with Gasteiger partial charge in [0, 0.05) is 67.4 Å². The van der Waals surface area contributed by atoms with Crippen LogP contribution in [0.4, 0.5) is 14.5 Å². The molecule has 2 amide bonds. The quantitative estimate of drug-likeness (QED) is 0.281. The van der Waals surface area contributed by atoms with Crippen LogP contribution in [0.2, 0.25) is 0 Å². The summed E-state index contributed by atoms with van der Waals surface area (Å²) in [6.07, 6.45) is 3.30. The summed E-state index contributed by atoms with van der Waals surface area (Å²) in [6.45, 7) is 1.50. The van der Waals surface area contributed by atoms with E-state index in [2.05, 4.69) is 10.2 Å². The molecule has 4 aromatic rings. The molecule has 0 spiro atoms. The molecule has 2 fully saturated rings. The van der Waals surface area contributed by atoms with E-state index >= 15 is 0 Å². The maximum atomic E-state index is 14.4. The van der Waals surface area contributed by atoms with Crippen LogP contribution in [0.25, 0.3) is 33.4 Å². The van der Waals surface area contributed by atoms with Gasteiger partial charge in [-0.05, 0) is 60.9 Å². The van der Waals surface area contributed by atoms with Crippen molar-refractivity contribution in [2.75, 3.05) is 50.6 Å². The molecule has 1 saturated heterocycles. The Balaban J connectivity index is 1.49. The van der Waals surface area contributed by atoms with Crippen molar-refractivity contribution in [1.29, 1.82) is 0 Å². The minimum Gasteiger partial charge on any atom is -0.455 e. The van der Waals surface area contributed by atoms with Gasteiger partial charge >= 0.3 is 0 Å². The summed E-state index contributed by atoms with van der Waals surface area (Å²) >= 11 is 0. The van der Waals surface area contributed by atoms with Crippen molar-refractivity contribution in [3.05, 3.63) is 77.6 Å². The molecule has 2 aliphatic rings. The summed E-state index contributed by atoms with van der Waals surface area (Å²) in [6, 6.07) is 15.7. The fourth-order valence-corrected chi connectivity index (χ4v) is 6.47. The maximum absolute atomic E-state index is 14.4. The van der Waals surface area contributed by atoms with Crippen molar-refractivity contribution in [3.63, 3.8) is 0 Å². The Morgan fingerprint density at radius 1 is 1.00 bits per heavy atom. The Labute approximate surface area is 254 Å². The van der Waals surface area contributed by atoms with Crippen molar-refractivity contribution in [2.45, 2.75) is 18.9 Å². The standard InChI is InChI=1S/C32H32F2N4O5S/c1-35-31(39)29-26-17-25(21-4-3-5-22(16-21)32(40)37-14-12-36(13-15-37)24-10-11-24)27(38(19-33)44(2,41)42)18-28(26)43-30(29)20-6-8-23(34)9-7-20/h3-9,16-18,24H,10-15,19H2,1-2H3,(H,35,39). The van der Waals surface area contributed by atoms with Crippen LogP contribution in [-0.4, -0.2) is 82.4 Å². The van der Waals surface area contributed by atoms with Gasteiger partial charge in [-0.2, -0.15) is 0 Å². The minimum atomic E-state index is -4.08. The lowest BCUT2D eigenvalue weighted by Crippen LogP contribution is -2.49. The van der Waals surface area contributed by atoms with E-state index in [4.69, 9.17) is 4.42 Å². The van der Waals surface area contributed by atoms with Crippen LogP contribution >= 0.6 is 0 Å². The summed E-state index contributed by atoms with van der Waals surface area (Å²) in [5, 5.41) is 2.93. The molecule has 44 heavy (non-hydrogen) atoms. The van der Waals surface area contributed by atoms with E-state index in [1.54, 1.807) is 35.2 Å². The number of piperazine rings is 1. The number of nitrogens with one attached hydrogen (secondary N) is 1. The van der Waals surface area contributed by atoms with Gasteiger partial charge in [-0.25, -0.2) is 21.5 Å². The van der Waals surface area contributed by atoms with Crippen LogP contribution in [0.1, 0.15) is 33.6 Å². The van der Waals surface area contributed by atoms with Gasteiger partial charge in [-0.15, -0.1) is 0 Å². The molecule has 1 aliphatic heterocycles. The number of halogens is 2. The SMILES string of the molecule is CNC(=O)c1c(-c2ccc(F)cc2)oc2cc(N(CF)S(C)(=O)=O)c(-c3cccc(C(=O)N4CCN(C5CC5)CC4)c3)cc12. The number of carbonyl (C=O) groups excluding carboxylic acids is 2. The average molecular weight is 623 g/mol. The lowest BCUT2D eigenvalue weighted by Gasteiger charge is -2.35. The first kappa shape index (κ1) is 29.8. The molecule has 2 heterocycles. The van der Waals surface area contributed by atoms with Gasteiger partial charge in [0.1, 0.15) is 17.2 Å². The van der Waals surface area contributed by atoms with Gasteiger partial charge in [0.2, 0.25) is 10.0 Å². The third-order valence-electron chi connectivity index (χ3n) is 8.23. The first-order valence-electron chi connectivity index (χ1n) is 14.3. The number of rotatable bonds is 8. The highest BCUT2D eigenvalue weighted by Crippen LogP contribution is 2.42. The first-order valence-corrected chi connectivity index (χ1v) is 16.2. The fourth-order valence-electron chi connectivity index (χ4n) is 5.79. The minimum absolute atomic E-state index is 0.0204. The molecule has 9 nitrogen and oxygen atoms in total. The molecular weight excluding hydrogens is 590 g/mol. The average Bonchev–Trinajstić information content (AvgIpc) is 3.81. The van der Waals surface area contributed by atoms with Crippen molar-refractivity contribution in [3.8, 4) is 22.5 Å². The van der Waals surface area contributed by atoms with Crippen LogP contribution in [0.3, 0.4) is 0 Å². The molecular formula is C32H32F2N4O5S. The maximum Gasteiger partial charge on any atom is 0.255 e. The van der Waals surface area contributed by atoms with E-state index in [9.17, 15) is 26.8 Å². The zero-order chi connectivity index (χ0) is 31.2. The number of anilines is 1. The molecule has 1 N–H and O–H groups in total. The normalized spacial score (nSPS) is 15.9. The Morgan fingerprint density at radius 3 is 2.32 bits per heavy atom. The van der Waals surface area contributed by atoms with Crippen molar-refractivity contribution < 1.29 is 31.2 Å². The Morgan fingerprint density at radius 2 is 1.70 bits per heavy atom. The second-order valence-corrected chi connectivity index (χ2v) is 13.0. The number of alkyl halides is 1. The van der Waals surface area contributed by atoms with Crippen LogP contribution in [-0.2, 0) is 10.0 Å². The predicted molar refractivity (Wildman–Crippen MR) is 164 cm³/mol. The number of sulfonamides is 1. The largest absolute Gasteiger partial charge is 0.455 e. The summed E-state index contributed by atoms with van der Waals surface area (Å²) in [4.78, 5) is 30.9. The number of fused-ring (bicyclic) bond motifs is 1. The molecule has 1 aliphatic carbocycles. The van der Waals surface area contributed by atoms with E-state index in [1.165, 1.54) is 50.2 Å². The van der Waals surface area contributed by atoms with Gasteiger partial charge in [-0.3, -0.25) is 14.5 Å². The van der Waals surface area contributed by atoms with Crippen LogP contribution in [0.15, 0.2) is 65.1 Å². The van der Waals surface area contributed by atoms with Crippen LogP contribution in [0, 0.1) is 5.82 Å². The fraction of sp³-hybridized carbons (Fsp3) is 0.312. The van der Waals surface area contributed by atoms with E-state index in [0.29, 0.717) is 45.5 Å². The Bertz CT molecular complexity index is 1850.